The first-order chi connectivity index (χ1) is 12.2. The molecule has 26 heavy (non-hydrogen) atoms. The van der Waals surface area contributed by atoms with E-state index in [4.69, 9.17) is 23.2 Å². The van der Waals surface area contributed by atoms with Gasteiger partial charge >= 0.3 is 0 Å². The molecule has 0 fully saturated rings. The molecule has 136 valence electrons. The molecule has 8 heteroatoms. The molecule has 2 aromatic carbocycles. The lowest BCUT2D eigenvalue weighted by molar-refractivity contribution is -0.164. The third-order valence-corrected chi connectivity index (χ3v) is 4.99. The van der Waals surface area contributed by atoms with E-state index in [9.17, 15) is 14.6 Å². The van der Waals surface area contributed by atoms with E-state index in [1.807, 2.05) is 0 Å². The smallest absolute Gasteiger partial charge is 0.143 e. The number of rotatable bonds is 5. The first-order valence-electron chi connectivity index (χ1n) is 7.73. The van der Waals surface area contributed by atoms with Gasteiger partial charge in [-0.3, -0.25) is 0 Å². The maximum Gasteiger partial charge on any atom is 0.143 e. The van der Waals surface area contributed by atoms with Crippen molar-refractivity contribution in [1.29, 1.82) is 0 Å². The fraction of sp³-hybridized carbons (Fsp3) is 0.222. The van der Waals surface area contributed by atoms with Crippen molar-refractivity contribution in [1.82, 2.24) is 14.8 Å². The van der Waals surface area contributed by atoms with Gasteiger partial charge < -0.3 is 10.2 Å². The Labute approximate surface area is 159 Å². The van der Waals surface area contributed by atoms with Gasteiger partial charge in [0, 0.05) is 15.6 Å². The van der Waals surface area contributed by atoms with E-state index in [2.05, 4.69) is 10.1 Å². The highest BCUT2D eigenvalue weighted by molar-refractivity contribution is 6.35. The first kappa shape index (κ1) is 18.8. The fourth-order valence-corrected chi connectivity index (χ4v) is 3.45. The quantitative estimate of drug-likeness (QED) is 0.693. The van der Waals surface area contributed by atoms with Gasteiger partial charge in [-0.1, -0.05) is 41.4 Å². The SMILES string of the molecule is C[C@@](O)(c1ccc(F)cc1)[C@](O)(Cn1cncn1)c1ccc(Cl)cc1Cl. The third kappa shape index (κ3) is 3.33. The average molecular weight is 396 g/mol. The Morgan fingerprint density at radius 1 is 1.12 bits per heavy atom. The molecule has 1 aromatic heterocycles. The molecule has 3 aromatic rings. The molecule has 0 bridgehead atoms. The summed E-state index contributed by atoms with van der Waals surface area (Å²) in [5, 5.41) is 27.5. The second-order valence-corrected chi connectivity index (χ2v) is 7.00. The van der Waals surface area contributed by atoms with Crippen LogP contribution >= 0.6 is 23.2 Å². The van der Waals surface area contributed by atoms with Crippen LogP contribution in [-0.2, 0) is 17.7 Å². The zero-order valence-electron chi connectivity index (χ0n) is 13.8. The summed E-state index contributed by atoms with van der Waals surface area (Å²) in [5.41, 5.74) is -3.16. The molecule has 0 radical (unpaired) electrons. The van der Waals surface area contributed by atoms with E-state index in [1.54, 1.807) is 12.1 Å². The van der Waals surface area contributed by atoms with Crippen LogP contribution in [0, 0.1) is 5.82 Å². The Hall–Kier alpha value is -1.99. The molecule has 0 aliphatic heterocycles. The highest BCUT2D eigenvalue weighted by atomic mass is 35.5. The molecule has 0 aliphatic carbocycles. The van der Waals surface area contributed by atoms with Gasteiger partial charge in [0.15, 0.2) is 0 Å². The van der Waals surface area contributed by atoms with Crippen molar-refractivity contribution in [2.75, 3.05) is 0 Å². The summed E-state index contributed by atoms with van der Waals surface area (Å²) in [6.07, 6.45) is 2.73. The predicted octanol–water partition coefficient (Wildman–Crippen LogP) is 3.52. The van der Waals surface area contributed by atoms with Crippen LogP contribution in [0.5, 0.6) is 0 Å². The van der Waals surface area contributed by atoms with Crippen LogP contribution < -0.4 is 0 Å². The van der Waals surface area contributed by atoms with Crippen molar-refractivity contribution in [3.8, 4) is 0 Å². The van der Waals surface area contributed by atoms with E-state index >= 15 is 0 Å². The minimum atomic E-state index is -1.90. The number of hydrogen-bond acceptors (Lipinski definition) is 4. The van der Waals surface area contributed by atoms with Crippen LogP contribution in [0.25, 0.3) is 0 Å². The maximum absolute atomic E-state index is 13.3. The normalized spacial score (nSPS) is 16.1. The topological polar surface area (TPSA) is 71.2 Å². The lowest BCUT2D eigenvalue weighted by Gasteiger charge is -2.42. The summed E-state index contributed by atoms with van der Waals surface area (Å²) in [6.45, 7) is 1.29. The van der Waals surface area contributed by atoms with Crippen LogP contribution in [-0.4, -0.2) is 25.0 Å². The lowest BCUT2D eigenvalue weighted by Crippen LogP contribution is -2.50. The van der Waals surface area contributed by atoms with Crippen molar-refractivity contribution in [2.45, 2.75) is 24.7 Å². The van der Waals surface area contributed by atoms with E-state index in [0.717, 1.165) is 0 Å². The molecule has 0 aliphatic rings. The van der Waals surface area contributed by atoms with Crippen molar-refractivity contribution in [3.63, 3.8) is 0 Å². The maximum atomic E-state index is 13.3. The van der Waals surface area contributed by atoms with Crippen LogP contribution in [0.15, 0.2) is 55.1 Å². The van der Waals surface area contributed by atoms with E-state index in [1.165, 1.54) is 54.6 Å². The molecule has 0 saturated heterocycles. The van der Waals surface area contributed by atoms with Gasteiger partial charge in [0.2, 0.25) is 0 Å². The van der Waals surface area contributed by atoms with Crippen LogP contribution in [0.4, 0.5) is 4.39 Å². The summed E-state index contributed by atoms with van der Waals surface area (Å²) >= 11 is 12.3. The predicted molar refractivity (Wildman–Crippen MR) is 96.4 cm³/mol. The molecule has 1 heterocycles. The molecule has 0 unspecified atom stereocenters. The van der Waals surface area contributed by atoms with Crippen molar-refractivity contribution >= 4 is 23.2 Å². The Morgan fingerprint density at radius 3 is 2.38 bits per heavy atom. The second kappa shape index (κ2) is 6.96. The van der Waals surface area contributed by atoms with Gasteiger partial charge in [-0.25, -0.2) is 14.1 Å². The first-order valence-corrected chi connectivity index (χ1v) is 8.48. The molecule has 2 atom stereocenters. The van der Waals surface area contributed by atoms with Crippen LogP contribution in [0.3, 0.4) is 0 Å². The number of hydrogen-bond donors (Lipinski definition) is 2. The lowest BCUT2D eigenvalue weighted by atomic mass is 9.74. The van der Waals surface area contributed by atoms with E-state index in [-0.39, 0.29) is 17.1 Å². The minimum Gasteiger partial charge on any atom is -0.382 e. The van der Waals surface area contributed by atoms with Crippen LogP contribution in [0.1, 0.15) is 18.1 Å². The van der Waals surface area contributed by atoms with Gasteiger partial charge in [-0.05, 0) is 36.8 Å². The van der Waals surface area contributed by atoms with Crippen molar-refractivity contribution in [3.05, 3.63) is 82.1 Å². The van der Waals surface area contributed by atoms with E-state index < -0.39 is 17.0 Å². The standard InChI is InChI=1S/C18H16Cl2FN3O2/c1-17(25,12-2-5-14(21)6-3-12)18(26,9-24-11-22-10-23-24)15-7-4-13(19)8-16(15)20/h2-8,10-11,25-26H,9H2,1H3/t17-,18+/m1/s1. The van der Waals surface area contributed by atoms with Crippen LogP contribution in [0.2, 0.25) is 10.0 Å². The number of halogens is 3. The Kier molecular flexibility index (Phi) is 5.03. The molecule has 0 amide bonds. The van der Waals surface area contributed by atoms with E-state index in [0.29, 0.717) is 10.6 Å². The molecular weight excluding hydrogens is 380 g/mol. The highest BCUT2D eigenvalue weighted by Gasteiger charge is 2.50. The highest BCUT2D eigenvalue weighted by Crippen LogP contribution is 2.44. The van der Waals surface area contributed by atoms with Crippen molar-refractivity contribution in [2.24, 2.45) is 0 Å². The fourth-order valence-electron chi connectivity index (χ4n) is 2.89. The van der Waals surface area contributed by atoms with Gasteiger partial charge in [-0.15, -0.1) is 0 Å². The summed E-state index contributed by atoms with van der Waals surface area (Å²) in [6, 6.07) is 9.82. The zero-order chi connectivity index (χ0) is 18.9. The molecule has 5 nitrogen and oxygen atoms in total. The number of benzene rings is 2. The third-order valence-electron chi connectivity index (χ3n) is 4.45. The Bertz CT molecular complexity index is 901. The zero-order valence-corrected chi connectivity index (χ0v) is 15.3. The summed E-state index contributed by atoms with van der Waals surface area (Å²) in [4.78, 5) is 3.86. The van der Waals surface area contributed by atoms with Gasteiger partial charge in [0.05, 0.1) is 6.54 Å². The summed E-state index contributed by atoms with van der Waals surface area (Å²) in [5.74, 6) is -0.450. The molecule has 3 rings (SSSR count). The molecular formula is C18H16Cl2FN3O2. The Balaban J connectivity index is 2.17. The van der Waals surface area contributed by atoms with Crippen molar-refractivity contribution < 1.29 is 14.6 Å². The summed E-state index contributed by atoms with van der Waals surface area (Å²) in [7, 11) is 0. The average Bonchev–Trinajstić information content (AvgIpc) is 3.07. The molecule has 0 spiro atoms. The van der Waals surface area contributed by atoms with Gasteiger partial charge in [0.1, 0.15) is 29.7 Å². The number of aliphatic hydroxyl groups is 2. The number of aromatic nitrogens is 3. The monoisotopic (exact) mass is 395 g/mol. The largest absolute Gasteiger partial charge is 0.382 e. The number of nitrogens with zero attached hydrogens (tertiary/aromatic N) is 3. The molecule has 0 saturated carbocycles. The molecule has 2 N–H and O–H groups in total. The second-order valence-electron chi connectivity index (χ2n) is 6.16. The Morgan fingerprint density at radius 2 is 1.81 bits per heavy atom. The summed E-state index contributed by atoms with van der Waals surface area (Å²) < 4.78 is 14.7. The minimum absolute atomic E-state index is 0.140. The van der Waals surface area contributed by atoms with Gasteiger partial charge in [0.25, 0.3) is 0 Å². The van der Waals surface area contributed by atoms with Gasteiger partial charge in [-0.2, -0.15) is 5.10 Å².